The summed E-state index contributed by atoms with van der Waals surface area (Å²) in [6, 6.07) is 8.42. The number of fused-ring (bicyclic) bond motifs is 1. The normalized spacial score (nSPS) is 20.4. The molecule has 0 saturated carbocycles. The Labute approximate surface area is 103 Å². The lowest BCUT2D eigenvalue weighted by atomic mass is 10.2. The first-order valence-corrected chi connectivity index (χ1v) is 6.18. The first-order chi connectivity index (χ1) is 7.84. The molecule has 1 aliphatic rings. The average Bonchev–Trinajstić information content (AvgIpc) is 2.73. The molecular weight excluding hydrogens is 266 g/mol. The fourth-order valence-corrected chi connectivity index (χ4v) is 2.43. The number of hydrogen-bond acceptors (Lipinski definition) is 1. The highest BCUT2D eigenvalue weighted by Crippen LogP contribution is 2.26. The van der Waals surface area contributed by atoms with E-state index in [4.69, 9.17) is 4.74 Å². The highest BCUT2D eigenvalue weighted by atomic mass is 79.9. The molecule has 3 rings (SSSR count). The van der Waals surface area contributed by atoms with E-state index in [0.717, 1.165) is 17.5 Å². The van der Waals surface area contributed by atoms with Crippen molar-refractivity contribution in [2.24, 2.45) is 0 Å². The zero-order valence-electron chi connectivity index (χ0n) is 8.77. The molecule has 1 atom stereocenters. The lowest BCUT2D eigenvalue weighted by Gasteiger charge is -2.20. The van der Waals surface area contributed by atoms with Gasteiger partial charge in [0.05, 0.1) is 12.1 Å². The highest BCUT2D eigenvalue weighted by Gasteiger charge is 2.12. The van der Waals surface area contributed by atoms with Crippen molar-refractivity contribution in [3.63, 3.8) is 0 Å². The van der Waals surface area contributed by atoms with Crippen LogP contribution in [0.1, 0.15) is 12.6 Å². The van der Waals surface area contributed by atoms with E-state index in [1.165, 1.54) is 10.9 Å². The van der Waals surface area contributed by atoms with Gasteiger partial charge in [-0.25, -0.2) is 0 Å². The van der Waals surface area contributed by atoms with Gasteiger partial charge in [-0.2, -0.15) is 0 Å². The summed E-state index contributed by atoms with van der Waals surface area (Å²) in [5.74, 6) is 0. The van der Waals surface area contributed by atoms with E-state index in [1.54, 1.807) is 0 Å². The molecule has 0 aliphatic carbocycles. The third-order valence-electron chi connectivity index (χ3n) is 2.83. The van der Waals surface area contributed by atoms with Crippen molar-refractivity contribution in [1.82, 2.24) is 4.57 Å². The molecule has 0 amide bonds. The lowest BCUT2D eigenvalue weighted by molar-refractivity contribution is 0.0351. The second-order valence-electron chi connectivity index (χ2n) is 3.90. The minimum absolute atomic E-state index is 0.0485. The standard InChI is InChI=1S/C13H12BrNO/c14-11-4-5-12-10(9-11)6-7-15(12)13-3-1-2-8-16-13/h1,3-7,9,13H,2,8H2/t13-/m0/s1. The summed E-state index contributed by atoms with van der Waals surface area (Å²) in [7, 11) is 0. The van der Waals surface area contributed by atoms with Gasteiger partial charge in [0.1, 0.15) is 0 Å². The van der Waals surface area contributed by atoms with Gasteiger partial charge in [-0.05, 0) is 36.8 Å². The maximum Gasteiger partial charge on any atom is 0.153 e. The van der Waals surface area contributed by atoms with Crippen molar-refractivity contribution >= 4 is 26.8 Å². The maximum atomic E-state index is 5.73. The van der Waals surface area contributed by atoms with E-state index in [2.05, 4.69) is 63.1 Å². The molecule has 2 nitrogen and oxygen atoms in total. The van der Waals surface area contributed by atoms with Crippen molar-refractivity contribution in [2.45, 2.75) is 12.6 Å². The van der Waals surface area contributed by atoms with Crippen molar-refractivity contribution in [2.75, 3.05) is 6.61 Å². The van der Waals surface area contributed by atoms with Crippen LogP contribution < -0.4 is 0 Å². The summed E-state index contributed by atoms with van der Waals surface area (Å²) in [6.45, 7) is 0.803. The van der Waals surface area contributed by atoms with E-state index in [-0.39, 0.29) is 6.23 Å². The molecule has 16 heavy (non-hydrogen) atoms. The summed E-state index contributed by atoms with van der Waals surface area (Å²) >= 11 is 3.48. The smallest absolute Gasteiger partial charge is 0.153 e. The summed E-state index contributed by atoms with van der Waals surface area (Å²) in [5, 5.41) is 1.23. The molecule has 0 fully saturated rings. The molecule has 0 spiro atoms. The number of aromatic nitrogens is 1. The fourth-order valence-electron chi connectivity index (χ4n) is 2.05. The molecule has 0 bridgehead atoms. The van der Waals surface area contributed by atoms with Gasteiger partial charge < -0.3 is 9.30 Å². The topological polar surface area (TPSA) is 14.2 Å². The van der Waals surface area contributed by atoms with Crippen molar-refractivity contribution in [3.05, 3.63) is 47.1 Å². The van der Waals surface area contributed by atoms with Crippen LogP contribution in [0.25, 0.3) is 10.9 Å². The molecule has 0 radical (unpaired) electrons. The Balaban J connectivity index is 2.10. The predicted octanol–water partition coefficient (Wildman–Crippen LogP) is 3.88. The Morgan fingerprint density at radius 3 is 3.06 bits per heavy atom. The van der Waals surface area contributed by atoms with E-state index >= 15 is 0 Å². The van der Waals surface area contributed by atoms with Gasteiger partial charge in [0, 0.05) is 16.1 Å². The molecule has 2 aromatic rings. The molecular formula is C13H12BrNO. The lowest BCUT2D eigenvalue weighted by Crippen LogP contribution is -2.13. The van der Waals surface area contributed by atoms with Crippen molar-refractivity contribution in [1.29, 1.82) is 0 Å². The number of benzene rings is 1. The Morgan fingerprint density at radius 1 is 1.31 bits per heavy atom. The minimum Gasteiger partial charge on any atom is -0.354 e. The number of nitrogens with zero attached hydrogens (tertiary/aromatic N) is 1. The largest absolute Gasteiger partial charge is 0.354 e. The third-order valence-corrected chi connectivity index (χ3v) is 3.32. The van der Waals surface area contributed by atoms with Crippen LogP contribution >= 0.6 is 15.9 Å². The molecule has 0 saturated heterocycles. The quantitative estimate of drug-likeness (QED) is 0.722. The Hall–Kier alpha value is -1.06. The van der Waals surface area contributed by atoms with E-state index < -0.39 is 0 Å². The molecule has 2 heterocycles. The summed E-state index contributed by atoms with van der Waals surface area (Å²) < 4.78 is 9.00. The predicted molar refractivity (Wildman–Crippen MR) is 68.4 cm³/mol. The van der Waals surface area contributed by atoms with Gasteiger partial charge >= 0.3 is 0 Å². The molecule has 1 aromatic heterocycles. The number of hydrogen-bond donors (Lipinski definition) is 0. The van der Waals surface area contributed by atoms with Gasteiger partial charge in [-0.1, -0.05) is 22.0 Å². The molecule has 3 heteroatoms. The average molecular weight is 278 g/mol. The van der Waals surface area contributed by atoms with Gasteiger partial charge in [0.15, 0.2) is 6.23 Å². The van der Waals surface area contributed by atoms with Gasteiger partial charge in [0.2, 0.25) is 0 Å². The zero-order valence-corrected chi connectivity index (χ0v) is 10.4. The van der Waals surface area contributed by atoms with Crippen LogP contribution in [0.15, 0.2) is 47.1 Å². The third kappa shape index (κ3) is 1.70. The van der Waals surface area contributed by atoms with Gasteiger partial charge in [0.25, 0.3) is 0 Å². The zero-order chi connectivity index (χ0) is 11.0. The number of halogens is 1. The van der Waals surface area contributed by atoms with Crippen LogP contribution in [0.5, 0.6) is 0 Å². The molecule has 1 aromatic carbocycles. The Bertz CT molecular complexity index is 544. The van der Waals surface area contributed by atoms with Crippen LogP contribution in [0.2, 0.25) is 0 Å². The second-order valence-corrected chi connectivity index (χ2v) is 4.82. The molecule has 82 valence electrons. The van der Waals surface area contributed by atoms with Gasteiger partial charge in [-0.15, -0.1) is 0 Å². The van der Waals surface area contributed by atoms with Crippen LogP contribution in [-0.4, -0.2) is 11.2 Å². The van der Waals surface area contributed by atoms with Crippen LogP contribution in [0.4, 0.5) is 0 Å². The molecule has 1 aliphatic heterocycles. The van der Waals surface area contributed by atoms with Crippen molar-refractivity contribution in [3.8, 4) is 0 Å². The molecule has 0 N–H and O–H groups in total. The van der Waals surface area contributed by atoms with E-state index in [9.17, 15) is 0 Å². The minimum atomic E-state index is 0.0485. The number of rotatable bonds is 1. The summed E-state index contributed by atoms with van der Waals surface area (Å²) in [6.07, 6.45) is 7.44. The van der Waals surface area contributed by atoms with E-state index in [1.807, 2.05) is 0 Å². The van der Waals surface area contributed by atoms with Gasteiger partial charge in [-0.3, -0.25) is 0 Å². The van der Waals surface area contributed by atoms with E-state index in [0.29, 0.717) is 0 Å². The van der Waals surface area contributed by atoms with Crippen molar-refractivity contribution < 1.29 is 4.74 Å². The summed E-state index contributed by atoms with van der Waals surface area (Å²) in [5.41, 5.74) is 1.21. The highest BCUT2D eigenvalue weighted by molar-refractivity contribution is 9.10. The second kappa shape index (κ2) is 4.07. The Morgan fingerprint density at radius 2 is 2.25 bits per heavy atom. The fraction of sp³-hybridized carbons (Fsp3) is 0.231. The SMILES string of the molecule is Brc1ccc2c(ccn2[C@@H]2C=CCCO2)c1. The Kier molecular flexibility index (Phi) is 2.58. The summed E-state index contributed by atoms with van der Waals surface area (Å²) in [4.78, 5) is 0. The monoisotopic (exact) mass is 277 g/mol. The molecule has 0 unspecified atom stereocenters. The van der Waals surface area contributed by atoms with Crippen LogP contribution in [0, 0.1) is 0 Å². The first-order valence-electron chi connectivity index (χ1n) is 5.39. The van der Waals surface area contributed by atoms with Crippen LogP contribution in [0.3, 0.4) is 0 Å². The first kappa shape index (κ1) is 10.1. The number of ether oxygens (including phenoxy) is 1. The maximum absolute atomic E-state index is 5.73. The van der Waals surface area contributed by atoms with Crippen LogP contribution in [-0.2, 0) is 4.74 Å².